The number of hydrogen-bond acceptors (Lipinski definition) is 5. The first-order chi connectivity index (χ1) is 26.2. The van der Waals surface area contributed by atoms with Crippen molar-refractivity contribution in [3.8, 4) is 11.1 Å². The van der Waals surface area contributed by atoms with Crippen LogP contribution in [-0.4, -0.2) is 0 Å². The van der Waals surface area contributed by atoms with Crippen LogP contribution in [0.25, 0.3) is 95.3 Å². The van der Waals surface area contributed by atoms with Crippen LogP contribution in [0.3, 0.4) is 0 Å². The van der Waals surface area contributed by atoms with E-state index in [1.165, 1.54) is 51.5 Å². The van der Waals surface area contributed by atoms with Gasteiger partial charge in [-0.05, 0) is 71.8 Å². The second-order valence-corrected chi connectivity index (χ2v) is 15.7. The van der Waals surface area contributed by atoms with E-state index >= 15 is 0 Å². The summed E-state index contributed by atoms with van der Waals surface area (Å²) >= 11 is 3.80. The predicted molar refractivity (Wildman–Crippen MR) is 227 cm³/mol. The Morgan fingerprint density at radius 1 is 0.358 bits per heavy atom. The van der Waals surface area contributed by atoms with E-state index in [2.05, 4.69) is 144 Å². The molecule has 4 heterocycles. The summed E-state index contributed by atoms with van der Waals surface area (Å²) in [4.78, 5) is 2.29. The van der Waals surface area contributed by atoms with Crippen LogP contribution in [-0.2, 0) is 0 Å². The van der Waals surface area contributed by atoms with Crippen molar-refractivity contribution in [2.75, 3.05) is 4.90 Å². The van der Waals surface area contributed by atoms with Crippen LogP contribution in [0.1, 0.15) is 0 Å². The Labute approximate surface area is 311 Å². The van der Waals surface area contributed by atoms with E-state index in [1.807, 2.05) is 46.9 Å². The van der Waals surface area contributed by atoms with Gasteiger partial charge >= 0.3 is 0 Å². The maximum absolute atomic E-state index is 6.37. The molecule has 0 N–H and O–H groups in total. The highest BCUT2D eigenvalue weighted by Gasteiger charge is 2.19. The van der Waals surface area contributed by atoms with Gasteiger partial charge in [-0.1, -0.05) is 91.0 Å². The molecular formula is C48H27NO2S2. The molecule has 0 aliphatic rings. The van der Waals surface area contributed by atoms with Crippen LogP contribution in [0, 0.1) is 0 Å². The molecule has 12 aromatic rings. The van der Waals surface area contributed by atoms with Crippen molar-refractivity contribution in [3.05, 3.63) is 164 Å². The molecule has 0 bridgehead atoms. The zero-order valence-corrected chi connectivity index (χ0v) is 29.8. The van der Waals surface area contributed by atoms with Crippen molar-refractivity contribution in [2.45, 2.75) is 0 Å². The lowest BCUT2D eigenvalue weighted by atomic mass is 10.0. The van der Waals surface area contributed by atoms with Gasteiger partial charge in [0.25, 0.3) is 0 Å². The van der Waals surface area contributed by atoms with Crippen LogP contribution in [0.5, 0.6) is 0 Å². The summed E-state index contributed by atoms with van der Waals surface area (Å²) in [6, 6.07) is 58.6. The van der Waals surface area contributed by atoms with Gasteiger partial charge in [-0.2, -0.15) is 0 Å². The Bertz CT molecular complexity index is 3300. The molecule has 53 heavy (non-hydrogen) atoms. The Morgan fingerprint density at radius 2 is 0.906 bits per heavy atom. The van der Waals surface area contributed by atoms with Crippen molar-refractivity contribution in [1.82, 2.24) is 0 Å². The molecule has 0 spiro atoms. The number of para-hydroxylation sites is 2. The third-order valence-electron chi connectivity index (χ3n) is 10.7. The van der Waals surface area contributed by atoms with Crippen LogP contribution in [0.4, 0.5) is 17.1 Å². The quantitative estimate of drug-likeness (QED) is 0.182. The number of hydrogen-bond donors (Lipinski definition) is 0. The normalized spacial score (nSPS) is 12.2. The van der Waals surface area contributed by atoms with Gasteiger partial charge in [0.15, 0.2) is 0 Å². The van der Waals surface area contributed by atoms with Gasteiger partial charge in [-0.15, -0.1) is 22.7 Å². The first-order valence-corrected chi connectivity index (χ1v) is 19.4. The predicted octanol–water partition coefficient (Wildman–Crippen LogP) is 15.4. The molecule has 8 aromatic carbocycles. The van der Waals surface area contributed by atoms with E-state index in [-0.39, 0.29) is 0 Å². The number of anilines is 3. The molecule has 0 saturated carbocycles. The molecule has 0 fully saturated rings. The first-order valence-electron chi connectivity index (χ1n) is 17.7. The summed E-state index contributed by atoms with van der Waals surface area (Å²) < 4.78 is 18.1. The highest BCUT2D eigenvalue weighted by atomic mass is 32.1. The number of rotatable bonds is 4. The number of benzene rings is 8. The SMILES string of the molecule is c1ccc2c(c1)oc1cc(N(c3ccc(-c4cccc5c4sc4c5ccc5sc6ccccc6c54)cc3)c3ccc4c(c3)oc3ccccc34)ccc12. The number of thiophene rings is 2. The average molecular weight is 714 g/mol. The van der Waals surface area contributed by atoms with Crippen molar-refractivity contribution in [3.63, 3.8) is 0 Å². The van der Waals surface area contributed by atoms with E-state index in [0.29, 0.717) is 0 Å². The molecule has 0 atom stereocenters. The van der Waals surface area contributed by atoms with Gasteiger partial charge in [0, 0.05) is 91.1 Å². The second kappa shape index (κ2) is 11.1. The van der Waals surface area contributed by atoms with Crippen LogP contribution in [0.15, 0.2) is 173 Å². The minimum Gasteiger partial charge on any atom is -0.456 e. The van der Waals surface area contributed by atoms with E-state index in [1.54, 1.807) is 0 Å². The van der Waals surface area contributed by atoms with Crippen molar-refractivity contribution < 1.29 is 8.83 Å². The van der Waals surface area contributed by atoms with Gasteiger partial charge in [-0.3, -0.25) is 0 Å². The summed E-state index contributed by atoms with van der Waals surface area (Å²) in [6.07, 6.45) is 0. The highest BCUT2D eigenvalue weighted by molar-refractivity contribution is 7.30. The molecule has 0 saturated heterocycles. The maximum atomic E-state index is 6.37. The number of fused-ring (bicyclic) bond motifs is 13. The van der Waals surface area contributed by atoms with Crippen molar-refractivity contribution in [2.24, 2.45) is 0 Å². The lowest BCUT2D eigenvalue weighted by Crippen LogP contribution is -2.09. The minimum atomic E-state index is 0.860. The molecule has 12 rings (SSSR count). The average Bonchev–Trinajstić information content (AvgIpc) is 3.97. The molecule has 0 aliphatic heterocycles. The van der Waals surface area contributed by atoms with E-state index in [9.17, 15) is 0 Å². The van der Waals surface area contributed by atoms with Crippen LogP contribution in [0.2, 0.25) is 0 Å². The lowest BCUT2D eigenvalue weighted by molar-refractivity contribution is 0.669. The fraction of sp³-hybridized carbons (Fsp3) is 0. The molecule has 0 aliphatic carbocycles. The molecule has 0 amide bonds. The summed E-state index contributed by atoms with van der Waals surface area (Å²) in [5, 5.41) is 9.82. The standard InChI is InChI=1S/C48H27NO2S2/c1-4-13-40-33(8-1)35-22-20-30(26-42(35)50-40)49(31-21-23-36-34-9-2-5-14-41(34)51-43(36)27-31)29-18-16-28(17-19-29)32-11-7-12-37-38-24-25-45-46(48(38)53-47(32)37)39-10-3-6-15-44(39)52-45/h1-27H. The largest absolute Gasteiger partial charge is 0.456 e. The fourth-order valence-electron chi connectivity index (χ4n) is 8.24. The first kappa shape index (κ1) is 29.2. The van der Waals surface area contributed by atoms with E-state index in [0.717, 1.165) is 60.9 Å². The zero-order chi connectivity index (χ0) is 34.6. The van der Waals surface area contributed by atoms with Crippen LogP contribution < -0.4 is 4.90 Å². The molecule has 4 aromatic heterocycles. The molecular weight excluding hydrogens is 687 g/mol. The van der Waals surface area contributed by atoms with Gasteiger partial charge in [0.05, 0.1) is 0 Å². The van der Waals surface area contributed by atoms with Gasteiger partial charge in [0.2, 0.25) is 0 Å². The molecule has 0 unspecified atom stereocenters. The minimum absolute atomic E-state index is 0.860. The lowest BCUT2D eigenvalue weighted by Gasteiger charge is -2.25. The zero-order valence-electron chi connectivity index (χ0n) is 28.2. The maximum Gasteiger partial charge on any atom is 0.137 e. The number of nitrogens with zero attached hydrogens (tertiary/aromatic N) is 1. The van der Waals surface area contributed by atoms with E-state index < -0.39 is 0 Å². The molecule has 5 heteroatoms. The third kappa shape index (κ3) is 4.32. The fourth-order valence-corrected chi connectivity index (χ4v) is 10.8. The Hall–Kier alpha value is -6.40. The summed E-state index contributed by atoms with van der Waals surface area (Å²) in [5.74, 6) is 0. The summed E-state index contributed by atoms with van der Waals surface area (Å²) in [7, 11) is 0. The molecule has 3 nitrogen and oxygen atoms in total. The van der Waals surface area contributed by atoms with Gasteiger partial charge < -0.3 is 13.7 Å². The second-order valence-electron chi connectivity index (χ2n) is 13.6. The molecule has 248 valence electrons. The summed E-state index contributed by atoms with van der Waals surface area (Å²) in [6.45, 7) is 0. The monoisotopic (exact) mass is 713 g/mol. The van der Waals surface area contributed by atoms with Crippen LogP contribution >= 0.6 is 22.7 Å². The number of furan rings is 2. The Balaban J connectivity index is 1.02. The molecule has 0 radical (unpaired) electrons. The summed E-state index contributed by atoms with van der Waals surface area (Å²) in [5.41, 5.74) is 9.02. The van der Waals surface area contributed by atoms with Gasteiger partial charge in [-0.25, -0.2) is 0 Å². The smallest absolute Gasteiger partial charge is 0.137 e. The topological polar surface area (TPSA) is 29.5 Å². The third-order valence-corrected chi connectivity index (χ3v) is 13.1. The Kier molecular flexibility index (Phi) is 6.09. The highest BCUT2D eigenvalue weighted by Crippen LogP contribution is 2.47. The van der Waals surface area contributed by atoms with E-state index in [4.69, 9.17) is 8.83 Å². The van der Waals surface area contributed by atoms with Gasteiger partial charge in [0.1, 0.15) is 22.3 Å². The van der Waals surface area contributed by atoms with Crippen molar-refractivity contribution >= 4 is 124 Å². The Morgan fingerprint density at radius 3 is 1.60 bits per heavy atom. The van der Waals surface area contributed by atoms with Crippen molar-refractivity contribution in [1.29, 1.82) is 0 Å².